The summed E-state index contributed by atoms with van der Waals surface area (Å²) < 4.78 is 0. The first-order chi connectivity index (χ1) is 14.1. The van der Waals surface area contributed by atoms with Crippen molar-refractivity contribution in [3.05, 3.63) is 89.5 Å². The van der Waals surface area contributed by atoms with Gasteiger partial charge in [0.05, 0.1) is 0 Å². The van der Waals surface area contributed by atoms with E-state index < -0.39 is 0 Å². The molecule has 0 spiro atoms. The second kappa shape index (κ2) is 14.7. The molecule has 0 heterocycles. The summed E-state index contributed by atoms with van der Waals surface area (Å²) in [5.41, 5.74) is 3.79. The third kappa shape index (κ3) is 11.7. The van der Waals surface area contributed by atoms with Gasteiger partial charge in [0.15, 0.2) is 0 Å². The second-order valence-electron chi connectivity index (χ2n) is 8.24. The van der Waals surface area contributed by atoms with Crippen LogP contribution in [0.5, 0.6) is 17.2 Å². The molecule has 0 amide bonds. The fraction of sp³-hybridized carbons (Fsp3) is 0.333. The quantitative estimate of drug-likeness (QED) is 0.325. The number of aromatic hydroxyl groups is 3. The molecular weight excluding hydrogens is 465 g/mol. The van der Waals surface area contributed by atoms with Crippen LogP contribution in [0.15, 0.2) is 72.8 Å². The maximum Gasteiger partial charge on any atom is 0.115 e. The van der Waals surface area contributed by atoms with Gasteiger partial charge in [-0.3, -0.25) is 0 Å². The van der Waals surface area contributed by atoms with E-state index in [4.69, 9.17) is 15.3 Å². The summed E-state index contributed by atoms with van der Waals surface area (Å²) in [5, 5.41) is 26.8. The predicted molar refractivity (Wildman–Crippen MR) is 127 cm³/mol. The van der Waals surface area contributed by atoms with Crippen LogP contribution in [-0.2, 0) is 22.4 Å². The molecule has 0 aromatic heterocycles. The molecule has 0 saturated heterocycles. The van der Waals surface area contributed by atoms with Crippen LogP contribution >= 0.6 is 0 Å². The zero-order chi connectivity index (χ0) is 22.7. The average molecular weight is 501 g/mol. The van der Waals surface area contributed by atoms with Gasteiger partial charge in [-0.25, -0.2) is 0 Å². The van der Waals surface area contributed by atoms with Crippen LogP contribution in [0.3, 0.4) is 0 Å². The molecule has 3 aromatic rings. The minimum atomic E-state index is 0. The molecule has 0 fully saturated rings. The van der Waals surface area contributed by atoms with Crippen LogP contribution < -0.4 is 0 Å². The normalized spacial score (nSPS) is 9.97. The molecule has 0 aliphatic rings. The molecule has 4 heteroatoms. The molecule has 0 saturated carbocycles. The van der Waals surface area contributed by atoms with Gasteiger partial charge in [0.1, 0.15) is 17.2 Å². The van der Waals surface area contributed by atoms with E-state index in [9.17, 15) is 0 Å². The minimum absolute atomic E-state index is 0. The van der Waals surface area contributed by atoms with Crippen LogP contribution in [0.25, 0.3) is 0 Å². The molecule has 3 nitrogen and oxygen atoms in total. The smallest absolute Gasteiger partial charge is 0.115 e. The van der Waals surface area contributed by atoms with Crippen molar-refractivity contribution in [2.75, 3.05) is 0 Å². The number of phenolic OH excluding ortho intramolecular Hbond substituents is 3. The maximum absolute atomic E-state index is 8.94. The molecule has 3 N–H and O–H groups in total. The largest absolute Gasteiger partial charge is 0.508 e. The van der Waals surface area contributed by atoms with E-state index in [1.807, 2.05) is 36.4 Å². The zero-order valence-corrected chi connectivity index (χ0v) is 21.6. The van der Waals surface area contributed by atoms with Crippen molar-refractivity contribution < 1.29 is 37.7 Å². The van der Waals surface area contributed by atoms with Crippen LogP contribution in [0.1, 0.15) is 76.0 Å². The van der Waals surface area contributed by atoms with Crippen molar-refractivity contribution >= 4 is 0 Å². The molecule has 167 valence electrons. The summed E-state index contributed by atoms with van der Waals surface area (Å²) in [5.74, 6) is 2.64. The summed E-state index contributed by atoms with van der Waals surface area (Å²) in [7, 11) is 0. The Hall–Kier alpha value is -2.20. The maximum atomic E-state index is 8.94. The summed E-state index contributed by atoms with van der Waals surface area (Å²) in [4.78, 5) is 0. The van der Waals surface area contributed by atoms with Crippen LogP contribution in [0.2, 0.25) is 0 Å². The fourth-order valence-electron chi connectivity index (χ4n) is 2.58. The monoisotopic (exact) mass is 501 g/mol. The molecule has 31 heavy (non-hydrogen) atoms. The summed E-state index contributed by atoms with van der Waals surface area (Å²) in [6, 6.07) is 22.0. The minimum Gasteiger partial charge on any atom is -0.508 e. The predicted octanol–water partition coefficient (Wildman–Crippen LogP) is 7.54. The number of phenols is 3. The van der Waals surface area contributed by atoms with E-state index in [1.165, 1.54) is 16.7 Å². The molecule has 0 unspecified atom stereocenters. The molecule has 3 aromatic carbocycles. The Kier molecular flexibility index (Phi) is 13.7. The van der Waals surface area contributed by atoms with Crippen LogP contribution in [-0.4, -0.2) is 15.3 Å². The Labute approximate surface area is 203 Å². The molecule has 3 rings (SSSR count). The number of rotatable bonds is 3. The SMILES string of the molecule is CC(C)c1ccc(O)cc1.CC(C)c1ccc(O)cc1.CC(C)c1ccc(O)cc1.[Nb]. The summed E-state index contributed by atoms with van der Waals surface area (Å²) in [6.07, 6.45) is 0. The molecular formula is C27H36NbO3. The number of hydrogen-bond acceptors (Lipinski definition) is 3. The van der Waals surface area contributed by atoms with Gasteiger partial charge in [0, 0.05) is 22.4 Å². The van der Waals surface area contributed by atoms with Crippen molar-refractivity contribution in [2.24, 2.45) is 0 Å². The van der Waals surface area contributed by atoms with E-state index in [0.29, 0.717) is 35.0 Å². The fourth-order valence-corrected chi connectivity index (χ4v) is 2.58. The van der Waals surface area contributed by atoms with E-state index in [0.717, 1.165) is 0 Å². The van der Waals surface area contributed by atoms with Gasteiger partial charge >= 0.3 is 0 Å². The Morgan fingerprint density at radius 1 is 0.387 bits per heavy atom. The van der Waals surface area contributed by atoms with E-state index in [-0.39, 0.29) is 22.4 Å². The summed E-state index contributed by atoms with van der Waals surface area (Å²) >= 11 is 0. The Bertz CT molecular complexity index is 719. The van der Waals surface area contributed by atoms with Crippen molar-refractivity contribution in [3.8, 4) is 17.2 Å². The van der Waals surface area contributed by atoms with E-state index in [1.54, 1.807) is 36.4 Å². The first-order valence-corrected chi connectivity index (χ1v) is 10.5. The van der Waals surface area contributed by atoms with Gasteiger partial charge in [-0.15, -0.1) is 0 Å². The topological polar surface area (TPSA) is 60.7 Å². The first-order valence-electron chi connectivity index (χ1n) is 10.5. The van der Waals surface area contributed by atoms with Crippen molar-refractivity contribution in [1.82, 2.24) is 0 Å². The van der Waals surface area contributed by atoms with Gasteiger partial charge in [0.2, 0.25) is 0 Å². The number of hydrogen-bond donors (Lipinski definition) is 3. The summed E-state index contributed by atoms with van der Waals surface area (Å²) in [6.45, 7) is 12.8. The van der Waals surface area contributed by atoms with Gasteiger partial charge < -0.3 is 15.3 Å². The first kappa shape index (κ1) is 28.8. The Morgan fingerprint density at radius 3 is 0.677 bits per heavy atom. The number of benzene rings is 3. The molecule has 1 radical (unpaired) electrons. The zero-order valence-electron chi connectivity index (χ0n) is 19.4. The molecule has 0 atom stereocenters. The van der Waals surface area contributed by atoms with Crippen molar-refractivity contribution in [2.45, 2.75) is 59.3 Å². The van der Waals surface area contributed by atoms with E-state index >= 15 is 0 Å². The van der Waals surface area contributed by atoms with Crippen molar-refractivity contribution in [1.29, 1.82) is 0 Å². The van der Waals surface area contributed by atoms with Crippen LogP contribution in [0, 0.1) is 0 Å². The Balaban J connectivity index is 0.000000429. The van der Waals surface area contributed by atoms with Gasteiger partial charge in [0.25, 0.3) is 0 Å². The van der Waals surface area contributed by atoms with Gasteiger partial charge in [-0.05, 0) is 70.8 Å². The molecule has 0 bridgehead atoms. The Morgan fingerprint density at radius 2 is 0.548 bits per heavy atom. The average Bonchev–Trinajstić information content (AvgIpc) is 2.70. The standard InChI is InChI=1S/3C9H12O.Nb/c3*1-7(2)8-3-5-9(10)6-4-8;/h3*3-7,10H,1-2H3;. The second-order valence-corrected chi connectivity index (χ2v) is 8.24. The van der Waals surface area contributed by atoms with Gasteiger partial charge in [-0.1, -0.05) is 77.9 Å². The van der Waals surface area contributed by atoms with Crippen molar-refractivity contribution in [3.63, 3.8) is 0 Å². The molecule has 0 aliphatic carbocycles. The van der Waals surface area contributed by atoms with Crippen LogP contribution in [0.4, 0.5) is 0 Å². The third-order valence-corrected chi connectivity index (χ3v) is 4.68. The molecule has 0 aliphatic heterocycles. The van der Waals surface area contributed by atoms with Gasteiger partial charge in [-0.2, -0.15) is 0 Å². The van der Waals surface area contributed by atoms with E-state index in [2.05, 4.69) is 41.5 Å². The third-order valence-electron chi connectivity index (χ3n) is 4.68.